The van der Waals surface area contributed by atoms with Gasteiger partial charge in [-0.2, -0.15) is 0 Å². The molecule has 0 aliphatic heterocycles. The molecule has 20 heavy (non-hydrogen) atoms. The number of nitrogens with one attached hydrogen (secondary N) is 1. The minimum atomic E-state index is -0.148. The van der Waals surface area contributed by atoms with Gasteiger partial charge in [0.05, 0.1) is 10.9 Å². The van der Waals surface area contributed by atoms with Crippen molar-refractivity contribution in [3.8, 4) is 0 Å². The number of carbonyl (C=O) groups is 1. The Morgan fingerprint density at radius 1 is 1.15 bits per heavy atom. The molecule has 0 spiro atoms. The number of benzene rings is 2. The van der Waals surface area contributed by atoms with E-state index in [2.05, 4.69) is 40.3 Å². The average Bonchev–Trinajstić information content (AvgIpc) is 2.44. The molecule has 4 heteroatoms. The molecule has 2 aromatic carbocycles. The molecule has 0 heterocycles. The predicted molar refractivity (Wildman–Crippen MR) is 89.3 cm³/mol. The van der Waals surface area contributed by atoms with Crippen molar-refractivity contribution in [1.82, 2.24) is 0 Å². The van der Waals surface area contributed by atoms with E-state index in [4.69, 9.17) is 0 Å². The molecule has 1 amide bonds. The third kappa shape index (κ3) is 4.12. The molecule has 0 saturated heterocycles. The van der Waals surface area contributed by atoms with Gasteiger partial charge in [-0.1, -0.05) is 29.8 Å². The van der Waals surface area contributed by atoms with Gasteiger partial charge in [-0.05, 0) is 54.0 Å². The minimum absolute atomic E-state index is 0.00229. The highest BCUT2D eigenvalue weighted by Gasteiger charge is 2.15. The maximum Gasteiger partial charge on any atom is 0.237 e. The number of hydrogen-bond donors (Lipinski definition) is 1. The second-order valence-electron chi connectivity index (χ2n) is 4.54. The Kier molecular flexibility index (Phi) is 5.26. The Balaban J connectivity index is 1.99. The molecule has 1 N–H and O–H groups in total. The van der Waals surface area contributed by atoms with Crippen LogP contribution in [-0.2, 0) is 4.79 Å². The summed E-state index contributed by atoms with van der Waals surface area (Å²) in [6.07, 6.45) is 0. The maximum atomic E-state index is 12.2. The summed E-state index contributed by atoms with van der Waals surface area (Å²) in [4.78, 5) is 13.3. The molecule has 0 fully saturated rings. The van der Waals surface area contributed by atoms with Crippen LogP contribution in [0.25, 0.3) is 0 Å². The van der Waals surface area contributed by atoms with Crippen molar-refractivity contribution in [2.75, 3.05) is 5.32 Å². The number of para-hydroxylation sites is 1. The van der Waals surface area contributed by atoms with Gasteiger partial charge >= 0.3 is 0 Å². The number of carbonyl (C=O) groups excluding carboxylic acids is 1. The monoisotopic (exact) mass is 349 g/mol. The van der Waals surface area contributed by atoms with E-state index in [-0.39, 0.29) is 11.2 Å². The smallest absolute Gasteiger partial charge is 0.237 e. The number of rotatable bonds is 4. The van der Waals surface area contributed by atoms with Crippen molar-refractivity contribution in [2.24, 2.45) is 0 Å². The molecule has 0 aliphatic carbocycles. The first-order valence-electron chi connectivity index (χ1n) is 6.35. The lowest BCUT2D eigenvalue weighted by Gasteiger charge is -2.13. The Labute approximate surface area is 132 Å². The van der Waals surface area contributed by atoms with Crippen molar-refractivity contribution in [3.05, 3.63) is 58.6 Å². The van der Waals surface area contributed by atoms with Crippen LogP contribution in [0.3, 0.4) is 0 Å². The predicted octanol–water partition coefficient (Wildman–Crippen LogP) is 4.88. The van der Waals surface area contributed by atoms with Crippen molar-refractivity contribution in [3.63, 3.8) is 0 Å². The van der Waals surface area contributed by atoms with E-state index in [1.54, 1.807) is 11.8 Å². The van der Waals surface area contributed by atoms with Gasteiger partial charge < -0.3 is 5.32 Å². The maximum absolute atomic E-state index is 12.2. The van der Waals surface area contributed by atoms with Crippen LogP contribution in [0.5, 0.6) is 0 Å². The average molecular weight is 350 g/mol. The fraction of sp³-hybridized carbons (Fsp3) is 0.188. The molecular weight excluding hydrogens is 334 g/mol. The van der Waals surface area contributed by atoms with Gasteiger partial charge in [0.15, 0.2) is 0 Å². The summed E-state index contributed by atoms with van der Waals surface area (Å²) in [5, 5.41) is 2.79. The van der Waals surface area contributed by atoms with Crippen LogP contribution in [0, 0.1) is 6.92 Å². The SMILES string of the molecule is Cc1ccc(S[C@H](C)C(=O)Nc2ccccc2Br)cc1. The van der Waals surface area contributed by atoms with Gasteiger partial charge in [0.25, 0.3) is 0 Å². The molecule has 2 rings (SSSR count). The first-order valence-corrected chi connectivity index (χ1v) is 8.02. The van der Waals surface area contributed by atoms with Gasteiger partial charge in [0, 0.05) is 9.37 Å². The second kappa shape index (κ2) is 6.95. The lowest BCUT2D eigenvalue weighted by atomic mass is 10.2. The third-order valence-corrected chi connectivity index (χ3v) is 4.64. The van der Waals surface area contributed by atoms with Crippen molar-refractivity contribution in [1.29, 1.82) is 0 Å². The van der Waals surface area contributed by atoms with E-state index in [9.17, 15) is 4.79 Å². The lowest BCUT2D eigenvalue weighted by molar-refractivity contribution is -0.115. The Bertz CT molecular complexity index is 598. The van der Waals surface area contributed by atoms with Gasteiger partial charge in [-0.25, -0.2) is 0 Å². The zero-order valence-corrected chi connectivity index (χ0v) is 13.8. The summed E-state index contributed by atoms with van der Waals surface area (Å²) in [6.45, 7) is 3.97. The molecule has 0 bridgehead atoms. The molecule has 0 aromatic heterocycles. The molecule has 2 nitrogen and oxygen atoms in total. The quantitative estimate of drug-likeness (QED) is 0.797. The molecule has 0 unspecified atom stereocenters. The zero-order valence-electron chi connectivity index (χ0n) is 11.4. The summed E-state index contributed by atoms with van der Waals surface area (Å²) in [7, 11) is 0. The van der Waals surface area contributed by atoms with Crippen molar-refractivity contribution < 1.29 is 4.79 Å². The van der Waals surface area contributed by atoms with E-state index in [0.29, 0.717) is 0 Å². The number of hydrogen-bond acceptors (Lipinski definition) is 2. The van der Waals surface area contributed by atoms with Gasteiger partial charge in [-0.3, -0.25) is 4.79 Å². The standard InChI is InChI=1S/C16H16BrNOS/c1-11-7-9-13(10-8-11)20-12(2)16(19)18-15-6-4-3-5-14(15)17/h3-10,12H,1-2H3,(H,18,19)/t12-/m1/s1. The topological polar surface area (TPSA) is 29.1 Å². The first-order chi connectivity index (χ1) is 9.56. The second-order valence-corrected chi connectivity index (χ2v) is 6.81. The van der Waals surface area contributed by atoms with E-state index in [0.717, 1.165) is 15.1 Å². The lowest BCUT2D eigenvalue weighted by Crippen LogP contribution is -2.22. The van der Waals surface area contributed by atoms with Gasteiger partial charge in [0.2, 0.25) is 5.91 Å². The minimum Gasteiger partial charge on any atom is -0.324 e. The van der Waals surface area contributed by atoms with Crippen LogP contribution in [0.4, 0.5) is 5.69 Å². The van der Waals surface area contributed by atoms with Crippen LogP contribution in [-0.4, -0.2) is 11.2 Å². The van der Waals surface area contributed by atoms with E-state index in [1.165, 1.54) is 5.56 Å². The third-order valence-electron chi connectivity index (χ3n) is 2.83. The molecule has 104 valence electrons. The van der Waals surface area contributed by atoms with Gasteiger partial charge in [0.1, 0.15) is 0 Å². The first kappa shape index (κ1) is 15.1. The summed E-state index contributed by atoms with van der Waals surface area (Å²) in [5.41, 5.74) is 2.02. The van der Waals surface area contributed by atoms with E-state index in [1.807, 2.05) is 43.3 Å². The number of thioether (sulfide) groups is 1. The van der Waals surface area contributed by atoms with E-state index < -0.39 is 0 Å². The number of halogens is 1. The van der Waals surface area contributed by atoms with Crippen molar-refractivity contribution >= 4 is 39.3 Å². The van der Waals surface area contributed by atoms with Gasteiger partial charge in [-0.15, -0.1) is 11.8 Å². The van der Waals surface area contributed by atoms with Crippen LogP contribution < -0.4 is 5.32 Å². The highest BCUT2D eigenvalue weighted by Crippen LogP contribution is 2.26. The van der Waals surface area contributed by atoms with E-state index >= 15 is 0 Å². The van der Waals surface area contributed by atoms with Crippen LogP contribution in [0.15, 0.2) is 57.9 Å². The summed E-state index contributed by atoms with van der Waals surface area (Å²) < 4.78 is 0.890. The fourth-order valence-corrected chi connectivity index (χ4v) is 2.92. The highest BCUT2D eigenvalue weighted by atomic mass is 79.9. The summed E-state index contributed by atoms with van der Waals surface area (Å²) in [6, 6.07) is 15.8. The number of amides is 1. The molecule has 1 atom stereocenters. The summed E-state index contributed by atoms with van der Waals surface area (Å²) in [5.74, 6) is 0.00229. The van der Waals surface area contributed by atoms with Crippen LogP contribution >= 0.6 is 27.7 Å². The Hall–Kier alpha value is -1.26. The molecule has 2 aromatic rings. The number of aryl methyl sites for hydroxylation is 1. The Morgan fingerprint density at radius 3 is 2.45 bits per heavy atom. The summed E-state index contributed by atoms with van der Waals surface area (Å²) >= 11 is 4.99. The molecule has 0 aliphatic rings. The highest BCUT2D eigenvalue weighted by molar-refractivity contribution is 9.10. The Morgan fingerprint density at radius 2 is 1.80 bits per heavy atom. The van der Waals surface area contributed by atoms with Crippen LogP contribution in [0.1, 0.15) is 12.5 Å². The number of anilines is 1. The largest absolute Gasteiger partial charge is 0.324 e. The van der Waals surface area contributed by atoms with Crippen LogP contribution in [0.2, 0.25) is 0 Å². The zero-order chi connectivity index (χ0) is 14.5. The molecule has 0 radical (unpaired) electrons. The molecular formula is C16H16BrNOS. The molecule has 0 saturated carbocycles. The fourth-order valence-electron chi connectivity index (χ4n) is 1.67. The van der Waals surface area contributed by atoms with Crippen molar-refractivity contribution in [2.45, 2.75) is 24.0 Å². The normalized spacial score (nSPS) is 11.9.